The largest absolute Gasteiger partial charge is 0.497 e. The number of halogens is 1. The first-order valence-corrected chi connectivity index (χ1v) is 17.3. The number of rotatable bonds is 9. The van der Waals surface area contributed by atoms with E-state index in [1.807, 2.05) is 18.2 Å². The van der Waals surface area contributed by atoms with E-state index in [1.165, 1.54) is 32.4 Å². The molecular weight excluding hydrogens is 579 g/mol. The lowest BCUT2D eigenvalue weighted by Gasteiger charge is -2.61. The van der Waals surface area contributed by atoms with Crippen molar-refractivity contribution in [2.24, 2.45) is 28.2 Å². The van der Waals surface area contributed by atoms with Gasteiger partial charge >= 0.3 is 0 Å². The number of piperazine rings is 1. The van der Waals surface area contributed by atoms with Gasteiger partial charge in [-0.2, -0.15) is 0 Å². The Morgan fingerprint density at radius 3 is 2.52 bits per heavy atom. The Bertz CT molecular complexity index is 1620. The molecule has 3 aliphatic carbocycles. The van der Waals surface area contributed by atoms with E-state index < -0.39 is 0 Å². The van der Waals surface area contributed by atoms with Gasteiger partial charge in [-0.3, -0.25) is 14.3 Å². The van der Waals surface area contributed by atoms with E-state index in [2.05, 4.69) is 54.7 Å². The fraction of sp³-hybridized carbons (Fsp3) is 0.595. The number of nitrogens with zero attached hydrogens (tertiary/aromatic N) is 5. The molecule has 0 radical (unpaired) electrons. The van der Waals surface area contributed by atoms with E-state index in [4.69, 9.17) is 9.73 Å². The van der Waals surface area contributed by atoms with Crippen LogP contribution in [0.4, 0.5) is 10.1 Å². The Balaban J connectivity index is 1.21. The second-order valence-electron chi connectivity index (χ2n) is 14.3. The normalized spacial score (nSPS) is 24.7. The van der Waals surface area contributed by atoms with Crippen molar-refractivity contribution in [3.63, 3.8) is 0 Å². The van der Waals surface area contributed by atoms with Crippen LogP contribution in [0.5, 0.6) is 5.75 Å². The summed E-state index contributed by atoms with van der Waals surface area (Å²) in [4.78, 5) is 28.5. The van der Waals surface area contributed by atoms with Gasteiger partial charge in [-0.05, 0) is 85.1 Å². The first-order chi connectivity index (χ1) is 22.1. The molecule has 0 amide bonds. The van der Waals surface area contributed by atoms with Crippen molar-refractivity contribution in [1.82, 2.24) is 19.4 Å². The number of hydrogen-bond acceptors (Lipinski definition) is 5. The van der Waals surface area contributed by atoms with Gasteiger partial charge in [0.1, 0.15) is 11.6 Å². The van der Waals surface area contributed by atoms with Gasteiger partial charge < -0.3 is 15.0 Å². The molecule has 4 fully saturated rings. The van der Waals surface area contributed by atoms with Crippen LogP contribution in [0.15, 0.2) is 52.5 Å². The summed E-state index contributed by atoms with van der Waals surface area (Å²) in [6, 6.07) is 11.5. The number of nitrogens with one attached hydrogen (secondary N) is 1. The number of aromatic nitrogens is 2. The molecule has 4 atom stereocenters. The molecule has 1 aliphatic heterocycles. The number of guanidine groups is 1. The molecule has 9 heteroatoms. The summed E-state index contributed by atoms with van der Waals surface area (Å²) in [6.07, 6.45) is 6.78. The highest BCUT2D eigenvalue weighted by molar-refractivity contribution is 5.96. The van der Waals surface area contributed by atoms with Crippen LogP contribution < -0.4 is 15.6 Å². The van der Waals surface area contributed by atoms with Gasteiger partial charge in [-0.25, -0.2) is 14.4 Å². The highest BCUT2D eigenvalue weighted by atomic mass is 19.1. The molecule has 8 nitrogen and oxygen atoms in total. The van der Waals surface area contributed by atoms with Gasteiger partial charge in [-0.1, -0.05) is 40.7 Å². The maximum Gasteiger partial charge on any atom is 0.261 e. The van der Waals surface area contributed by atoms with E-state index >= 15 is 0 Å². The van der Waals surface area contributed by atoms with Gasteiger partial charge in [0, 0.05) is 50.5 Å². The van der Waals surface area contributed by atoms with Crippen molar-refractivity contribution in [3.05, 3.63) is 64.5 Å². The monoisotopic (exact) mass is 630 g/mol. The molecule has 4 aliphatic rings. The smallest absolute Gasteiger partial charge is 0.261 e. The molecule has 46 heavy (non-hydrogen) atoms. The molecule has 0 spiro atoms. The molecule has 2 heterocycles. The maximum absolute atomic E-state index is 14.5. The first-order valence-electron chi connectivity index (χ1n) is 17.3. The van der Waals surface area contributed by atoms with Crippen LogP contribution in [0.3, 0.4) is 0 Å². The number of fused-ring (bicyclic) bond motifs is 3. The fourth-order valence-corrected chi connectivity index (χ4v) is 8.37. The van der Waals surface area contributed by atoms with E-state index in [-0.39, 0.29) is 11.4 Å². The molecule has 1 aromatic heterocycles. The van der Waals surface area contributed by atoms with Crippen LogP contribution in [-0.4, -0.2) is 70.7 Å². The Kier molecular flexibility index (Phi) is 9.42. The van der Waals surface area contributed by atoms with Gasteiger partial charge in [0.2, 0.25) is 0 Å². The second kappa shape index (κ2) is 13.3. The van der Waals surface area contributed by atoms with Crippen LogP contribution in [0, 0.1) is 29.0 Å². The minimum Gasteiger partial charge on any atom is -0.497 e. The molecular formula is C37H51FN6O2. The Morgan fingerprint density at radius 1 is 1.11 bits per heavy atom. The van der Waals surface area contributed by atoms with Gasteiger partial charge in [0.25, 0.3) is 5.56 Å². The quantitative estimate of drug-likeness (QED) is 0.217. The van der Waals surface area contributed by atoms with E-state index in [1.54, 1.807) is 23.0 Å². The highest BCUT2D eigenvalue weighted by Gasteiger charge is 2.56. The van der Waals surface area contributed by atoms with E-state index in [0.717, 1.165) is 56.1 Å². The van der Waals surface area contributed by atoms with Gasteiger partial charge in [0.15, 0.2) is 5.96 Å². The molecule has 248 valence electrons. The van der Waals surface area contributed by atoms with Crippen LogP contribution >= 0.6 is 0 Å². The minimum absolute atomic E-state index is 0.130. The van der Waals surface area contributed by atoms with Crippen molar-refractivity contribution >= 4 is 22.5 Å². The van der Waals surface area contributed by atoms with E-state index in [0.29, 0.717) is 58.6 Å². The Hall–Kier alpha value is -3.46. The van der Waals surface area contributed by atoms with E-state index in [9.17, 15) is 9.18 Å². The number of aryl methyl sites for hydroxylation is 2. The van der Waals surface area contributed by atoms with Crippen LogP contribution in [0.1, 0.15) is 65.9 Å². The van der Waals surface area contributed by atoms with Gasteiger partial charge in [-0.15, -0.1) is 0 Å². The van der Waals surface area contributed by atoms with Gasteiger partial charge in [0.05, 0.1) is 30.4 Å². The minimum atomic E-state index is -0.338. The lowest BCUT2D eigenvalue weighted by molar-refractivity contribution is -0.108. The summed E-state index contributed by atoms with van der Waals surface area (Å²) in [5.41, 5.74) is 2.34. The average molecular weight is 631 g/mol. The molecule has 2 aromatic carbocycles. The third-order valence-corrected chi connectivity index (χ3v) is 11.6. The number of anilines is 1. The standard InChI is InChI=1S/C37H51FN6O2/c1-7-28(8-2)42-15-17-43(18-16-42)36(41-33-20-26-19-31(24(33)3)37(26,4)5)40-27-10-12-30-34(21-27)39-23-44(35(30)45)14-13-25-9-11-29(46-6)22-32(25)38/h9-12,21-24,26,28,31,33H,7-8,13-20H2,1-6H3,(H,40,41)/t24-,26-,31-,33?/m1/s1. The van der Waals surface area contributed by atoms with Crippen molar-refractivity contribution in [1.29, 1.82) is 0 Å². The summed E-state index contributed by atoms with van der Waals surface area (Å²) in [5, 5.41) is 4.23. The zero-order chi connectivity index (χ0) is 32.6. The molecule has 1 saturated heterocycles. The summed E-state index contributed by atoms with van der Waals surface area (Å²) < 4.78 is 21.1. The lowest BCUT2D eigenvalue weighted by atomic mass is 9.45. The molecule has 3 saturated carbocycles. The Morgan fingerprint density at radius 2 is 1.87 bits per heavy atom. The third kappa shape index (κ3) is 6.27. The van der Waals surface area contributed by atoms with Crippen molar-refractivity contribution in [2.45, 2.75) is 85.4 Å². The van der Waals surface area contributed by atoms with Crippen LogP contribution in [0.25, 0.3) is 10.9 Å². The fourth-order valence-electron chi connectivity index (χ4n) is 8.37. The highest BCUT2D eigenvalue weighted by Crippen LogP contribution is 2.61. The first kappa shape index (κ1) is 32.5. The predicted molar refractivity (Wildman–Crippen MR) is 184 cm³/mol. The number of aliphatic imine (C=N–C) groups is 1. The third-order valence-electron chi connectivity index (χ3n) is 11.6. The zero-order valence-electron chi connectivity index (χ0n) is 28.4. The maximum atomic E-state index is 14.5. The lowest BCUT2D eigenvalue weighted by Crippen LogP contribution is -2.57. The predicted octanol–water partition coefficient (Wildman–Crippen LogP) is 6.43. The SMILES string of the molecule is CCC(CC)N1CCN(C(=NC2C[C@H]3C[C@H]([C@H]2C)C3(C)C)Nc2ccc3c(=O)n(CCc4ccc(OC)cc4F)cnc3c2)CC1. The van der Waals surface area contributed by atoms with Crippen LogP contribution in [0.2, 0.25) is 0 Å². The number of benzene rings is 2. The molecule has 2 bridgehead atoms. The van der Waals surface area contributed by atoms with Crippen molar-refractivity contribution in [2.75, 3.05) is 38.6 Å². The van der Waals surface area contributed by atoms with Crippen molar-refractivity contribution < 1.29 is 9.13 Å². The summed E-state index contributed by atoms with van der Waals surface area (Å²) in [5.74, 6) is 3.08. The number of ether oxygens (including phenoxy) is 1. The number of hydrogen-bond donors (Lipinski definition) is 1. The zero-order valence-corrected chi connectivity index (χ0v) is 28.4. The van der Waals surface area contributed by atoms with Crippen molar-refractivity contribution in [3.8, 4) is 5.75 Å². The molecule has 1 N–H and O–H groups in total. The Labute approximate surface area is 273 Å². The molecule has 7 rings (SSSR count). The summed E-state index contributed by atoms with van der Waals surface area (Å²) in [7, 11) is 1.51. The van der Waals surface area contributed by atoms with Crippen LogP contribution in [-0.2, 0) is 13.0 Å². The topological polar surface area (TPSA) is 75.0 Å². The average Bonchev–Trinajstić information content (AvgIpc) is 3.06. The summed E-state index contributed by atoms with van der Waals surface area (Å²) in [6.45, 7) is 16.1. The second-order valence-corrected chi connectivity index (χ2v) is 14.3. The number of methoxy groups -OCH3 is 1. The molecule has 1 unspecified atom stereocenters. The summed E-state index contributed by atoms with van der Waals surface area (Å²) >= 11 is 0. The molecule has 3 aromatic rings.